The Labute approximate surface area is 124 Å². The number of ether oxygens (including phenoxy) is 1. The highest BCUT2D eigenvalue weighted by atomic mass is 79.9. The van der Waals surface area contributed by atoms with E-state index in [0.717, 1.165) is 5.06 Å². The fraction of sp³-hybridized carbons (Fsp3) is 0.462. The Morgan fingerprint density at radius 2 is 2.15 bits per heavy atom. The van der Waals surface area contributed by atoms with Crippen LogP contribution in [0.4, 0.5) is 8.78 Å². The molecule has 112 valence electrons. The van der Waals surface area contributed by atoms with Crippen LogP contribution in [0.1, 0.15) is 12.0 Å². The lowest BCUT2D eigenvalue weighted by molar-refractivity contribution is -0.174. The van der Waals surface area contributed by atoms with Crippen LogP contribution >= 0.6 is 15.9 Å². The van der Waals surface area contributed by atoms with E-state index in [9.17, 15) is 13.6 Å². The molecule has 0 heterocycles. The normalized spacial score (nSPS) is 12.1. The molecular formula is C13H16BrF2NO3. The molecule has 0 saturated heterocycles. The molecule has 0 fully saturated rings. The van der Waals surface area contributed by atoms with E-state index >= 15 is 0 Å². The van der Waals surface area contributed by atoms with Gasteiger partial charge in [0.25, 0.3) is 5.91 Å². The van der Waals surface area contributed by atoms with Crippen LogP contribution < -0.4 is 4.74 Å². The molecule has 1 aromatic carbocycles. The zero-order chi connectivity index (χ0) is 15.3. The van der Waals surface area contributed by atoms with E-state index in [1.54, 1.807) is 19.1 Å². The largest absolute Gasteiger partial charge is 0.490 e. The van der Waals surface area contributed by atoms with Gasteiger partial charge in [0, 0.05) is 13.5 Å². The van der Waals surface area contributed by atoms with Gasteiger partial charge in [-0.3, -0.25) is 9.63 Å². The SMILES string of the molecule is CON(C)C(=O)C(F)CCOc1c(C)ccc(Br)c1F. The molecule has 0 aliphatic heterocycles. The Kier molecular flexibility index (Phi) is 6.35. The molecule has 0 N–H and O–H groups in total. The van der Waals surface area contributed by atoms with Crippen LogP contribution in [0.25, 0.3) is 0 Å². The average Bonchev–Trinajstić information content (AvgIpc) is 2.44. The third kappa shape index (κ3) is 4.14. The monoisotopic (exact) mass is 351 g/mol. The van der Waals surface area contributed by atoms with E-state index in [0.29, 0.717) is 5.56 Å². The van der Waals surface area contributed by atoms with Gasteiger partial charge in [0.2, 0.25) is 0 Å². The molecule has 1 amide bonds. The number of benzene rings is 1. The Morgan fingerprint density at radius 1 is 1.50 bits per heavy atom. The topological polar surface area (TPSA) is 38.8 Å². The first kappa shape index (κ1) is 16.8. The van der Waals surface area contributed by atoms with Crippen molar-refractivity contribution in [1.29, 1.82) is 0 Å². The zero-order valence-corrected chi connectivity index (χ0v) is 13.0. The summed E-state index contributed by atoms with van der Waals surface area (Å²) in [5, 5.41) is 0.801. The van der Waals surface area contributed by atoms with Gasteiger partial charge in [0.05, 0.1) is 18.2 Å². The Bertz CT molecular complexity index is 485. The molecule has 1 rings (SSSR count). The standard InChI is InChI=1S/C13H16BrF2NO3/c1-8-4-5-9(14)11(16)12(8)20-7-6-10(15)13(18)17(2)19-3/h4-5,10H,6-7H2,1-3H3. The number of rotatable bonds is 6. The van der Waals surface area contributed by atoms with Crippen molar-refractivity contribution in [3.8, 4) is 5.75 Å². The third-order valence-electron chi connectivity index (χ3n) is 2.72. The molecule has 0 bridgehead atoms. The number of amides is 1. The minimum atomic E-state index is -1.75. The number of nitrogens with zero attached hydrogens (tertiary/aromatic N) is 1. The highest BCUT2D eigenvalue weighted by Gasteiger charge is 2.22. The maximum atomic E-state index is 13.8. The van der Waals surface area contributed by atoms with Crippen LogP contribution in [0.2, 0.25) is 0 Å². The highest BCUT2D eigenvalue weighted by Crippen LogP contribution is 2.28. The first-order valence-electron chi connectivity index (χ1n) is 5.91. The number of alkyl halides is 1. The van der Waals surface area contributed by atoms with Gasteiger partial charge in [-0.15, -0.1) is 0 Å². The summed E-state index contributed by atoms with van der Waals surface area (Å²) < 4.78 is 32.8. The summed E-state index contributed by atoms with van der Waals surface area (Å²) >= 11 is 3.05. The smallest absolute Gasteiger partial charge is 0.280 e. The quantitative estimate of drug-likeness (QED) is 0.739. The predicted octanol–water partition coefficient (Wildman–Crippen LogP) is 3.02. The minimum Gasteiger partial charge on any atom is -0.490 e. The van der Waals surface area contributed by atoms with Crippen molar-refractivity contribution in [2.75, 3.05) is 20.8 Å². The van der Waals surface area contributed by atoms with Crippen molar-refractivity contribution in [3.63, 3.8) is 0 Å². The summed E-state index contributed by atoms with van der Waals surface area (Å²) in [6.45, 7) is 1.57. The van der Waals surface area contributed by atoms with Crippen LogP contribution in [0.5, 0.6) is 5.75 Å². The molecule has 7 heteroatoms. The maximum absolute atomic E-state index is 13.8. The van der Waals surface area contributed by atoms with Crippen LogP contribution in [-0.4, -0.2) is 37.9 Å². The van der Waals surface area contributed by atoms with Gasteiger partial charge in [-0.2, -0.15) is 0 Å². The van der Waals surface area contributed by atoms with Crippen LogP contribution in [0.15, 0.2) is 16.6 Å². The third-order valence-corrected chi connectivity index (χ3v) is 3.33. The molecule has 0 saturated carbocycles. The van der Waals surface area contributed by atoms with Gasteiger partial charge in [0.1, 0.15) is 0 Å². The molecule has 1 aromatic rings. The first-order valence-corrected chi connectivity index (χ1v) is 6.71. The lowest BCUT2D eigenvalue weighted by Crippen LogP contribution is -2.34. The second-order valence-electron chi connectivity index (χ2n) is 4.13. The van der Waals surface area contributed by atoms with E-state index in [-0.39, 0.29) is 23.2 Å². The number of halogens is 3. The van der Waals surface area contributed by atoms with Crippen molar-refractivity contribution in [2.45, 2.75) is 19.5 Å². The second-order valence-corrected chi connectivity index (χ2v) is 4.98. The van der Waals surface area contributed by atoms with Crippen LogP contribution in [0.3, 0.4) is 0 Å². The van der Waals surface area contributed by atoms with Gasteiger partial charge in [-0.05, 0) is 34.5 Å². The lowest BCUT2D eigenvalue weighted by Gasteiger charge is -2.17. The van der Waals surface area contributed by atoms with E-state index in [1.807, 2.05) is 0 Å². The maximum Gasteiger partial charge on any atom is 0.280 e. The van der Waals surface area contributed by atoms with E-state index < -0.39 is 17.9 Å². The van der Waals surface area contributed by atoms with Crippen molar-refractivity contribution >= 4 is 21.8 Å². The number of hydrogen-bond donors (Lipinski definition) is 0. The van der Waals surface area contributed by atoms with E-state index in [1.165, 1.54) is 14.2 Å². The van der Waals surface area contributed by atoms with Gasteiger partial charge >= 0.3 is 0 Å². The van der Waals surface area contributed by atoms with E-state index in [4.69, 9.17) is 4.74 Å². The molecule has 1 atom stereocenters. The van der Waals surface area contributed by atoms with Crippen molar-refractivity contribution in [1.82, 2.24) is 5.06 Å². The van der Waals surface area contributed by atoms with Crippen LogP contribution in [-0.2, 0) is 9.63 Å². The van der Waals surface area contributed by atoms with Crippen molar-refractivity contribution in [3.05, 3.63) is 28.0 Å². The highest BCUT2D eigenvalue weighted by molar-refractivity contribution is 9.10. The Balaban J connectivity index is 2.57. The lowest BCUT2D eigenvalue weighted by atomic mass is 10.2. The number of carbonyl (C=O) groups excluding carboxylic acids is 1. The Hall–Kier alpha value is -1.21. The first-order chi connectivity index (χ1) is 9.38. The summed E-state index contributed by atoms with van der Waals surface area (Å²) in [4.78, 5) is 16.0. The fourth-order valence-electron chi connectivity index (χ4n) is 1.48. The summed E-state index contributed by atoms with van der Waals surface area (Å²) in [5.41, 5.74) is 0.599. The molecule has 0 radical (unpaired) electrons. The molecule has 1 unspecified atom stereocenters. The Morgan fingerprint density at radius 3 is 2.75 bits per heavy atom. The number of aryl methyl sites for hydroxylation is 1. The molecule has 0 aromatic heterocycles. The molecule has 0 spiro atoms. The van der Waals surface area contributed by atoms with E-state index in [2.05, 4.69) is 20.8 Å². The molecule has 0 aliphatic rings. The number of hydrogen-bond acceptors (Lipinski definition) is 3. The molecule has 0 aliphatic carbocycles. The fourth-order valence-corrected chi connectivity index (χ4v) is 1.79. The summed E-state index contributed by atoms with van der Waals surface area (Å²) in [6, 6.07) is 3.24. The van der Waals surface area contributed by atoms with Crippen molar-refractivity contribution in [2.24, 2.45) is 0 Å². The second kappa shape index (κ2) is 7.54. The van der Waals surface area contributed by atoms with Crippen molar-refractivity contribution < 1.29 is 23.1 Å². The number of carbonyl (C=O) groups is 1. The van der Waals surface area contributed by atoms with Gasteiger partial charge < -0.3 is 4.74 Å². The average molecular weight is 352 g/mol. The molecule has 20 heavy (non-hydrogen) atoms. The van der Waals surface area contributed by atoms with Gasteiger partial charge in [0.15, 0.2) is 17.7 Å². The van der Waals surface area contributed by atoms with Gasteiger partial charge in [-0.25, -0.2) is 13.8 Å². The van der Waals surface area contributed by atoms with Crippen LogP contribution in [0, 0.1) is 12.7 Å². The molecule has 4 nitrogen and oxygen atoms in total. The summed E-state index contributed by atoms with van der Waals surface area (Å²) in [7, 11) is 2.58. The summed E-state index contributed by atoms with van der Waals surface area (Å²) in [6.07, 6.45) is -1.94. The van der Waals surface area contributed by atoms with Gasteiger partial charge in [-0.1, -0.05) is 6.07 Å². The minimum absolute atomic E-state index is 0.0547. The summed E-state index contributed by atoms with van der Waals surface area (Å²) in [5.74, 6) is -1.29. The predicted molar refractivity (Wildman–Crippen MR) is 73.6 cm³/mol. The molecular weight excluding hydrogens is 336 g/mol. The number of hydroxylamine groups is 2. The zero-order valence-electron chi connectivity index (χ0n) is 11.5.